The molecule has 1 saturated carbocycles. The molecule has 6 nitrogen and oxygen atoms in total. The van der Waals surface area contributed by atoms with Gasteiger partial charge in [0.05, 0.1) is 13.2 Å². The van der Waals surface area contributed by atoms with Gasteiger partial charge in [-0.15, -0.1) is 0 Å². The van der Waals surface area contributed by atoms with Crippen molar-refractivity contribution >= 4 is 6.03 Å². The molecule has 0 radical (unpaired) electrons. The van der Waals surface area contributed by atoms with Crippen LogP contribution >= 0.6 is 0 Å². The Labute approximate surface area is 162 Å². The smallest absolute Gasteiger partial charge is 0.315 e. The van der Waals surface area contributed by atoms with Crippen LogP contribution in [-0.2, 0) is 17.8 Å². The summed E-state index contributed by atoms with van der Waals surface area (Å²) in [6.07, 6.45) is 4.87. The zero-order chi connectivity index (χ0) is 18.5. The first-order valence-corrected chi connectivity index (χ1v) is 10.4. The van der Waals surface area contributed by atoms with Gasteiger partial charge in [-0.1, -0.05) is 24.3 Å². The van der Waals surface area contributed by atoms with Gasteiger partial charge in [0, 0.05) is 51.4 Å². The van der Waals surface area contributed by atoms with E-state index in [0.29, 0.717) is 12.6 Å². The number of carbonyl (C=O) groups is 1. The molecule has 0 unspecified atom stereocenters. The van der Waals surface area contributed by atoms with Crippen molar-refractivity contribution in [2.45, 2.75) is 50.9 Å². The van der Waals surface area contributed by atoms with E-state index in [9.17, 15) is 4.79 Å². The van der Waals surface area contributed by atoms with Crippen molar-refractivity contribution in [3.63, 3.8) is 0 Å². The molecule has 2 saturated heterocycles. The molecule has 4 rings (SSSR count). The van der Waals surface area contributed by atoms with Crippen molar-refractivity contribution in [2.24, 2.45) is 0 Å². The Balaban J connectivity index is 1.15. The number of benzene rings is 1. The van der Waals surface area contributed by atoms with Crippen LogP contribution in [0.2, 0.25) is 0 Å². The molecule has 148 valence electrons. The highest BCUT2D eigenvalue weighted by Gasteiger charge is 2.32. The summed E-state index contributed by atoms with van der Waals surface area (Å²) < 4.78 is 5.39. The van der Waals surface area contributed by atoms with Gasteiger partial charge in [-0.05, 0) is 36.8 Å². The summed E-state index contributed by atoms with van der Waals surface area (Å²) in [7, 11) is 0. The lowest BCUT2D eigenvalue weighted by atomic mass is 10.1. The van der Waals surface area contributed by atoms with Crippen molar-refractivity contribution in [1.82, 2.24) is 20.4 Å². The summed E-state index contributed by atoms with van der Waals surface area (Å²) in [6.45, 7) is 7.46. The summed E-state index contributed by atoms with van der Waals surface area (Å²) in [5.41, 5.74) is 2.45. The van der Waals surface area contributed by atoms with Gasteiger partial charge in [-0.2, -0.15) is 0 Å². The lowest BCUT2D eigenvalue weighted by Gasteiger charge is -2.32. The number of ether oxygens (including phenoxy) is 1. The lowest BCUT2D eigenvalue weighted by Crippen LogP contribution is -2.48. The number of amides is 2. The van der Waals surface area contributed by atoms with Crippen molar-refractivity contribution in [2.75, 3.05) is 39.4 Å². The van der Waals surface area contributed by atoms with E-state index in [1.165, 1.54) is 18.4 Å². The maximum atomic E-state index is 12.2. The standard InChI is InChI=1S/C21H32N4O2/c26-21(23-19-7-9-25(10-8-19)20-5-6-20)22-15-17-1-3-18(4-2-17)16-24-11-13-27-14-12-24/h1-4,19-20H,5-16H2,(H2,22,23,26). The van der Waals surface area contributed by atoms with E-state index < -0.39 is 0 Å². The highest BCUT2D eigenvalue weighted by molar-refractivity contribution is 5.74. The fraction of sp³-hybridized carbons (Fsp3) is 0.667. The Morgan fingerprint density at radius 2 is 1.63 bits per heavy atom. The van der Waals surface area contributed by atoms with Crippen molar-refractivity contribution < 1.29 is 9.53 Å². The molecule has 2 amide bonds. The Kier molecular flexibility index (Phi) is 6.27. The molecule has 0 spiro atoms. The second-order valence-electron chi connectivity index (χ2n) is 8.07. The molecule has 1 aromatic carbocycles. The molecule has 6 heteroatoms. The first-order valence-electron chi connectivity index (χ1n) is 10.4. The topological polar surface area (TPSA) is 56.8 Å². The first-order chi connectivity index (χ1) is 13.3. The van der Waals surface area contributed by atoms with Crippen LogP contribution in [0.25, 0.3) is 0 Å². The number of carbonyl (C=O) groups excluding carboxylic acids is 1. The van der Waals surface area contributed by atoms with Gasteiger partial charge < -0.3 is 20.3 Å². The van der Waals surface area contributed by atoms with Crippen molar-refractivity contribution in [3.8, 4) is 0 Å². The Hall–Kier alpha value is -1.63. The molecule has 1 aromatic rings. The van der Waals surface area contributed by atoms with Crippen LogP contribution in [0.15, 0.2) is 24.3 Å². The summed E-state index contributed by atoms with van der Waals surface area (Å²) in [5, 5.41) is 6.14. The van der Waals surface area contributed by atoms with Crippen LogP contribution in [0.5, 0.6) is 0 Å². The molecule has 1 aliphatic carbocycles. The van der Waals surface area contributed by atoms with Crippen molar-refractivity contribution in [3.05, 3.63) is 35.4 Å². The molecule has 3 aliphatic rings. The SMILES string of the molecule is O=C(NCc1ccc(CN2CCOCC2)cc1)NC1CCN(C2CC2)CC1. The normalized spacial score (nSPS) is 22.5. The molecule has 3 fully saturated rings. The van der Waals surface area contributed by atoms with Gasteiger partial charge in [0.2, 0.25) is 0 Å². The molecule has 0 atom stereocenters. The van der Waals surface area contributed by atoms with Crippen LogP contribution in [0.1, 0.15) is 36.8 Å². The third-order valence-electron chi connectivity index (χ3n) is 5.91. The van der Waals surface area contributed by atoms with Gasteiger partial charge in [-0.3, -0.25) is 4.90 Å². The number of likely N-dealkylation sites (tertiary alicyclic amines) is 1. The maximum absolute atomic E-state index is 12.2. The van der Waals surface area contributed by atoms with E-state index >= 15 is 0 Å². The lowest BCUT2D eigenvalue weighted by molar-refractivity contribution is 0.0342. The second-order valence-corrected chi connectivity index (χ2v) is 8.07. The van der Waals surface area contributed by atoms with E-state index in [4.69, 9.17) is 4.74 Å². The molecule has 2 heterocycles. The molecule has 2 N–H and O–H groups in total. The Morgan fingerprint density at radius 1 is 0.963 bits per heavy atom. The number of hydrogen-bond donors (Lipinski definition) is 2. The van der Waals surface area contributed by atoms with E-state index in [0.717, 1.165) is 70.4 Å². The third-order valence-corrected chi connectivity index (χ3v) is 5.91. The highest BCUT2D eigenvalue weighted by Crippen LogP contribution is 2.29. The minimum Gasteiger partial charge on any atom is -0.379 e. The van der Waals surface area contributed by atoms with Crippen LogP contribution in [0.3, 0.4) is 0 Å². The van der Waals surface area contributed by atoms with E-state index in [2.05, 4.69) is 44.7 Å². The fourth-order valence-corrected chi connectivity index (χ4v) is 4.05. The number of rotatable bonds is 6. The molecular formula is C21H32N4O2. The molecule has 27 heavy (non-hydrogen) atoms. The average Bonchev–Trinajstić information content (AvgIpc) is 3.54. The Bertz CT molecular complexity index is 603. The predicted octanol–water partition coefficient (Wildman–Crippen LogP) is 1.94. The van der Waals surface area contributed by atoms with Gasteiger partial charge in [0.1, 0.15) is 0 Å². The van der Waals surface area contributed by atoms with E-state index in [1.807, 2.05) is 0 Å². The number of morpholine rings is 1. The Morgan fingerprint density at radius 3 is 2.30 bits per heavy atom. The molecule has 0 aromatic heterocycles. The van der Waals surface area contributed by atoms with Gasteiger partial charge in [0.25, 0.3) is 0 Å². The molecular weight excluding hydrogens is 340 g/mol. The first kappa shape index (κ1) is 18.7. The number of nitrogens with zero attached hydrogens (tertiary/aromatic N) is 2. The number of hydrogen-bond acceptors (Lipinski definition) is 4. The number of nitrogens with one attached hydrogen (secondary N) is 2. The second kappa shape index (κ2) is 9.04. The summed E-state index contributed by atoms with van der Waals surface area (Å²) in [6, 6.07) is 9.67. The van der Waals surface area contributed by atoms with Gasteiger partial charge in [0.15, 0.2) is 0 Å². The van der Waals surface area contributed by atoms with Crippen LogP contribution in [0.4, 0.5) is 4.79 Å². The fourth-order valence-electron chi connectivity index (χ4n) is 4.05. The average molecular weight is 373 g/mol. The zero-order valence-corrected chi connectivity index (χ0v) is 16.2. The minimum absolute atomic E-state index is 0.0442. The van der Waals surface area contributed by atoms with Crippen molar-refractivity contribution in [1.29, 1.82) is 0 Å². The highest BCUT2D eigenvalue weighted by atomic mass is 16.5. The quantitative estimate of drug-likeness (QED) is 0.801. The monoisotopic (exact) mass is 372 g/mol. The van der Waals surface area contributed by atoms with Gasteiger partial charge in [-0.25, -0.2) is 4.79 Å². The molecule has 2 aliphatic heterocycles. The summed E-state index contributed by atoms with van der Waals surface area (Å²) in [4.78, 5) is 17.2. The largest absolute Gasteiger partial charge is 0.379 e. The van der Waals surface area contributed by atoms with Crippen LogP contribution in [-0.4, -0.2) is 67.3 Å². The number of urea groups is 1. The molecule has 0 bridgehead atoms. The van der Waals surface area contributed by atoms with E-state index in [1.54, 1.807) is 0 Å². The van der Waals surface area contributed by atoms with Crippen LogP contribution < -0.4 is 10.6 Å². The zero-order valence-electron chi connectivity index (χ0n) is 16.2. The predicted molar refractivity (Wildman–Crippen MR) is 106 cm³/mol. The minimum atomic E-state index is -0.0442. The summed E-state index contributed by atoms with van der Waals surface area (Å²) >= 11 is 0. The third kappa shape index (κ3) is 5.67. The maximum Gasteiger partial charge on any atom is 0.315 e. The van der Waals surface area contributed by atoms with Crippen LogP contribution in [0, 0.1) is 0 Å². The van der Waals surface area contributed by atoms with E-state index in [-0.39, 0.29) is 6.03 Å². The number of piperidine rings is 1. The van der Waals surface area contributed by atoms with Gasteiger partial charge >= 0.3 is 6.03 Å². The summed E-state index contributed by atoms with van der Waals surface area (Å²) in [5.74, 6) is 0.